The highest BCUT2D eigenvalue weighted by atomic mass is 16.4. The molecule has 0 aliphatic heterocycles. The third-order valence-corrected chi connectivity index (χ3v) is 4.49. The van der Waals surface area contributed by atoms with E-state index >= 15 is 0 Å². The van der Waals surface area contributed by atoms with Gasteiger partial charge in [0, 0.05) is 30.2 Å². The third kappa shape index (κ3) is 4.07. The minimum atomic E-state index is 0.427. The number of nitrogens with zero attached hydrogens (tertiary/aromatic N) is 2. The molecule has 0 saturated carbocycles. The standard InChI is InChI=1S/C20H27N5O/c1-5-21-20(24-12-18-25-14(3)15(4)26-18)22-10-9-16-11-23-19-13(2)7-6-8-17(16)19/h6-8,11,23H,5,9-10,12H2,1-4H3,(H2,21,22,24). The molecular weight excluding hydrogens is 326 g/mol. The summed E-state index contributed by atoms with van der Waals surface area (Å²) in [4.78, 5) is 12.3. The molecule has 0 bridgehead atoms. The predicted octanol–water partition coefficient (Wildman–Crippen LogP) is 3.38. The fourth-order valence-electron chi connectivity index (χ4n) is 2.98. The Bertz CT molecular complexity index is 887. The lowest BCUT2D eigenvalue weighted by Crippen LogP contribution is -2.38. The van der Waals surface area contributed by atoms with Crippen LogP contribution in [0.2, 0.25) is 0 Å². The van der Waals surface area contributed by atoms with Crippen LogP contribution in [0.3, 0.4) is 0 Å². The Morgan fingerprint density at radius 1 is 1.23 bits per heavy atom. The van der Waals surface area contributed by atoms with Crippen LogP contribution in [0.5, 0.6) is 0 Å². The van der Waals surface area contributed by atoms with Gasteiger partial charge >= 0.3 is 0 Å². The first-order chi connectivity index (χ1) is 12.6. The molecule has 3 aromatic rings. The summed E-state index contributed by atoms with van der Waals surface area (Å²) in [5.41, 5.74) is 4.72. The number of rotatable bonds is 6. The van der Waals surface area contributed by atoms with E-state index in [0.29, 0.717) is 12.4 Å². The monoisotopic (exact) mass is 353 g/mol. The SMILES string of the molecule is CCNC(=NCc1nc(C)c(C)o1)NCCc1c[nH]c2c(C)cccc12. The highest BCUT2D eigenvalue weighted by Gasteiger charge is 2.07. The summed E-state index contributed by atoms with van der Waals surface area (Å²) in [7, 11) is 0. The maximum Gasteiger partial charge on any atom is 0.216 e. The number of oxazole rings is 1. The summed E-state index contributed by atoms with van der Waals surface area (Å²) >= 11 is 0. The Hall–Kier alpha value is -2.76. The summed E-state index contributed by atoms with van der Waals surface area (Å²) < 4.78 is 5.59. The second-order valence-electron chi connectivity index (χ2n) is 6.43. The normalized spacial score (nSPS) is 11.9. The molecule has 0 aliphatic carbocycles. The second-order valence-corrected chi connectivity index (χ2v) is 6.43. The van der Waals surface area contributed by atoms with Crippen molar-refractivity contribution in [2.24, 2.45) is 4.99 Å². The van der Waals surface area contributed by atoms with E-state index in [9.17, 15) is 0 Å². The van der Waals surface area contributed by atoms with Crippen LogP contribution in [0.25, 0.3) is 10.9 Å². The van der Waals surface area contributed by atoms with Crippen molar-refractivity contribution in [1.29, 1.82) is 0 Å². The smallest absolute Gasteiger partial charge is 0.216 e. The van der Waals surface area contributed by atoms with Crippen LogP contribution in [-0.2, 0) is 13.0 Å². The molecule has 3 rings (SSSR count). The highest BCUT2D eigenvalue weighted by Crippen LogP contribution is 2.21. The molecule has 3 N–H and O–H groups in total. The number of hydrogen-bond donors (Lipinski definition) is 3. The summed E-state index contributed by atoms with van der Waals surface area (Å²) in [5.74, 6) is 2.27. The van der Waals surface area contributed by atoms with Crippen molar-refractivity contribution in [3.05, 3.63) is 52.9 Å². The van der Waals surface area contributed by atoms with Crippen molar-refractivity contribution >= 4 is 16.9 Å². The number of fused-ring (bicyclic) bond motifs is 1. The minimum Gasteiger partial charge on any atom is -0.444 e. The number of nitrogens with one attached hydrogen (secondary N) is 3. The summed E-state index contributed by atoms with van der Waals surface area (Å²) in [6, 6.07) is 6.40. The third-order valence-electron chi connectivity index (χ3n) is 4.49. The Kier molecular flexibility index (Phi) is 5.61. The lowest BCUT2D eigenvalue weighted by molar-refractivity contribution is 0.473. The van der Waals surface area contributed by atoms with Crippen LogP contribution in [0.1, 0.15) is 35.4 Å². The van der Waals surface area contributed by atoms with Gasteiger partial charge in [-0.25, -0.2) is 9.98 Å². The van der Waals surface area contributed by atoms with Crippen molar-refractivity contribution < 1.29 is 4.42 Å². The Morgan fingerprint density at radius 2 is 2.08 bits per heavy atom. The molecular formula is C20H27N5O. The second kappa shape index (κ2) is 8.08. The molecule has 2 aromatic heterocycles. The molecule has 26 heavy (non-hydrogen) atoms. The molecule has 0 radical (unpaired) electrons. The molecule has 6 heteroatoms. The number of H-pyrrole nitrogens is 1. The molecule has 0 spiro atoms. The number of para-hydroxylation sites is 1. The first-order valence-corrected chi connectivity index (χ1v) is 9.09. The number of aryl methyl sites for hydroxylation is 3. The molecule has 0 unspecified atom stereocenters. The van der Waals surface area contributed by atoms with Gasteiger partial charge in [0.15, 0.2) is 5.96 Å². The van der Waals surface area contributed by atoms with Gasteiger partial charge in [0.1, 0.15) is 12.3 Å². The summed E-state index contributed by atoms with van der Waals surface area (Å²) in [6.07, 6.45) is 3.02. The number of hydrogen-bond acceptors (Lipinski definition) is 3. The van der Waals surface area contributed by atoms with Crippen molar-refractivity contribution in [3.8, 4) is 0 Å². The van der Waals surface area contributed by atoms with Gasteiger partial charge in [0.05, 0.1) is 5.69 Å². The average Bonchev–Trinajstić information content (AvgIpc) is 3.17. The van der Waals surface area contributed by atoms with Crippen LogP contribution < -0.4 is 10.6 Å². The lowest BCUT2D eigenvalue weighted by atomic mass is 10.1. The van der Waals surface area contributed by atoms with Gasteiger partial charge in [-0.15, -0.1) is 0 Å². The molecule has 0 fully saturated rings. The van der Waals surface area contributed by atoms with E-state index < -0.39 is 0 Å². The highest BCUT2D eigenvalue weighted by molar-refractivity contribution is 5.86. The van der Waals surface area contributed by atoms with Gasteiger partial charge < -0.3 is 20.0 Å². The number of aromatic amines is 1. The first kappa shape index (κ1) is 18.0. The van der Waals surface area contributed by atoms with E-state index in [1.54, 1.807) is 0 Å². The largest absolute Gasteiger partial charge is 0.444 e. The molecule has 0 saturated heterocycles. The van der Waals surface area contributed by atoms with E-state index in [1.807, 2.05) is 13.8 Å². The van der Waals surface area contributed by atoms with Gasteiger partial charge in [-0.2, -0.15) is 0 Å². The van der Waals surface area contributed by atoms with Gasteiger partial charge in [-0.3, -0.25) is 0 Å². The van der Waals surface area contributed by atoms with E-state index in [4.69, 9.17) is 4.42 Å². The molecule has 138 valence electrons. The maximum absolute atomic E-state index is 5.59. The molecule has 1 aromatic carbocycles. The van der Waals surface area contributed by atoms with Gasteiger partial charge in [0.2, 0.25) is 5.89 Å². The quantitative estimate of drug-likeness (QED) is 0.469. The lowest BCUT2D eigenvalue weighted by Gasteiger charge is -2.10. The Balaban J connectivity index is 1.61. The van der Waals surface area contributed by atoms with Crippen LogP contribution in [-0.4, -0.2) is 29.0 Å². The summed E-state index contributed by atoms with van der Waals surface area (Å²) in [6.45, 7) is 10.1. The summed E-state index contributed by atoms with van der Waals surface area (Å²) in [5, 5.41) is 7.94. The first-order valence-electron chi connectivity index (χ1n) is 9.09. The predicted molar refractivity (Wildman–Crippen MR) is 106 cm³/mol. The van der Waals surface area contributed by atoms with Crippen molar-refractivity contribution in [2.75, 3.05) is 13.1 Å². The number of benzene rings is 1. The van der Waals surface area contributed by atoms with Gasteiger partial charge in [0.25, 0.3) is 0 Å². The van der Waals surface area contributed by atoms with Gasteiger partial charge in [-0.05, 0) is 45.2 Å². The molecule has 0 aliphatic rings. The van der Waals surface area contributed by atoms with E-state index in [1.165, 1.54) is 22.0 Å². The van der Waals surface area contributed by atoms with Crippen LogP contribution in [0.15, 0.2) is 33.8 Å². The fourth-order valence-corrected chi connectivity index (χ4v) is 2.98. The van der Waals surface area contributed by atoms with Crippen LogP contribution in [0, 0.1) is 20.8 Å². The zero-order valence-corrected chi connectivity index (χ0v) is 15.9. The van der Waals surface area contributed by atoms with Crippen molar-refractivity contribution in [2.45, 2.75) is 40.7 Å². The zero-order chi connectivity index (χ0) is 18.5. The topological polar surface area (TPSA) is 78.2 Å². The molecule has 6 nitrogen and oxygen atoms in total. The molecule has 2 heterocycles. The molecule has 0 atom stereocenters. The zero-order valence-electron chi connectivity index (χ0n) is 15.9. The number of aromatic nitrogens is 2. The fraction of sp³-hybridized carbons (Fsp3) is 0.400. The maximum atomic E-state index is 5.59. The average molecular weight is 353 g/mol. The minimum absolute atomic E-state index is 0.427. The Labute approximate surface area is 154 Å². The number of aliphatic imine (C=N–C) groups is 1. The number of guanidine groups is 1. The van der Waals surface area contributed by atoms with Crippen LogP contribution in [0.4, 0.5) is 0 Å². The van der Waals surface area contributed by atoms with Crippen molar-refractivity contribution in [1.82, 2.24) is 20.6 Å². The molecule has 0 amide bonds. The van der Waals surface area contributed by atoms with E-state index in [0.717, 1.165) is 36.9 Å². The van der Waals surface area contributed by atoms with Gasteiger partial charge in [-0.1, -0.05) is 18.2 Å². The van der Waals surface area contributed by atoms with Crippen molar-refractivity contribution in [3.63, 3.8) is 0 Å². The Morgan fingerprint density at radius 3 is 2.81 bits per heavy atom. The van der Waals surface area contributed by atoms with E-state index in [2.05, 4.69) is 63.8 Å². The van der Waals surface area contributed by atoms with Crippen LogP contribution >= 0.6 is 0 Å². The van der Waals surface area contributed by atoms with E-state index in [-0.39, 0.29) is 0 Å².